The Morgan fingerprint density at radius 1 is 1.40 bits per heavy atom. The van der Waals surface area contributed by atoms with Crippen molar-refractivity contribution in [1.82, 2.24) is 5.32 Å². The maximum Gasteiger partial charge on any atom is 0.255 e. The molecule has 2 N–H and O–H groups in total. The van der Waals surface area contributed by atoms with Gasteiger partial charge in [-0.3, -0.25) is 4.79 Å². The maximum absolute atomic E-state index is 13.3. The van der Waals surface area contributed by atoms with Crippen LogP contribution in [-0.4, -0.2) is 30.8 Å². The van der Waals surface area contributed by atoms with Gasteiger partial charge in [0, 0.05) is 12.6 Å². The fraction of sp³-hybridized carbons (Fsp3) is 0.533. The molecule has 1 fully saturated rings. The number of carbonyl (C=O) groups is 1. The van der Waals surface area contributed by atoms with Crippen LogP contribution in [0.4, 0.5) is 4.39 Å². The Morgan fingerprint density at radius 3 is 2.70 bits per heavy atom. The van der Waals surface area contributed by atoms with Crippen LogP contribution in [0.3, 0.4) is 0 Å². The van der Waals surface area contributed by atoms with Crippen molar-refractivity contribution in [2.24, 2.45) is 5.92 Å². The Labute approximate surface area is 117 Å². The van der Waals surface area contributed by atoms with E-state index in [1.54, 1.807) is 0 Å². The number of amides is 1. The van der Waals surface area contributed by atoms with Crippen molar-refractivity contribution in [3.05, 3.63) is 29.6 Å². The SMILES string of the molecule is COc1ccc(F)cc1C(=O)NC1CCC(CO)CC1. The third kappa shape index (κ3) is 3.48. The van der Waals surface area contributed by atoms with Crippen LogP contribution in [-0.2, 0) is 0 Å². The highest BCUT2D eigenvalue weighted by atomic mass is 19.1. The molecule has 1 aliphatic rings. The molecule has 0 radical (unpaired) electrons. The van der Waals surface area contributed by atoms with E-state index in [0.29, 0.717) is 11.7 Å². The van der Waals surface area contributed by atoms with Gasteiger partial charge in [-0.25, -0.2) is 4.39 Å². The number of rotatable bonds is 4. The lowest BCUT2D eigenvalue weighted by molar-refractivity contribution is 0.0910. The zero-order valence-corrected chi connectivity index (χ0v) is 11.6. The van der Waals surface area contributed by atoms with Gasteiger partial charge in [0.2, 0.25) is 0 Å². The molecule has 0 saturated heterocycles. The standard InChI is InChI=1S/C15H20FNO3/c1-20-14-7-4-11(16)8-13(14)15(19)17-12-5-2-10(9-18)3-6-12/h4,7-8,10,12,18H,2-3,5-6,9H2,1H3,(H,17,19). The summed E-state index contributed by atoms with van der Waals surface area (Å²) in [4.78, 5) is 12.2. The van der Waals surface area contributed by atoms with Gasteiger partial charge >= 0.3 is 0 Å². The topological polar surface area (TPSA) is 58.6 Å². The van der Waals surface area contributed by atoms with Gasteiger partial charge in [-0.2, -0.15) is 0 Å². The molecule has 0 heterocycles. The lowest BCUT2D eigenvalue weighted by Crippen LogP contribution is -2.38. The summed E-state index contributed by atoms with van der Waals surface area (Å²) in [6, 6.07) is 3.99. The molecule has 0 bridgehead atoms. The van der Waals surface area contributed by atoms with Gasteiger partial charge in [0.05, 0.1) is 12.7 Å². The van der Waals surface area contributed by atoms with Gasteiger partial charge in [-0.15, -0.1) is 0 Å². The van der Waals surface area contributed by atoms with E-state index in [1.807, 2.05) is 0 Å². The van der Waals surface area contributed by atoms with E-state index in [9.17, 15) is 9.18 Å². The predicted molar refractivity (Wildman–Crippen MR) is 73.3 cm³/mol. The number of hydrogen-bond donors (Lipinski definition) is 2. The molecule has 1 amide bonds. The van der Waals surface area contributed by atoms with Gasteiger partial charge in [-0.1, -0.05) is 0 Å². The van der Waals surface area contributed by atoms with Gasteiger partial charge in [-0.05, 0) is 49.8 Å². The molecule has 0 spiro atoms. The first-order valence-electron chi connectivity index (χ1n) is 6.89. The largest absolute Gasteiger partial charge is 0.496 e. The second-order valence-electron chi connectivity index (χ2n) is 5.22. The predicted octanol–water partition coefficient (Wildman–Crippen LogP) is 2.12. The molecule has 1 saturated carbocycles. The van der Waals surface area contributed by atoms with Crippen LogP contribution in [0.15, 0.2) is 18.2 Å². The van der Waals surface area contributed by atoms with Crippen LogP contribution in [0.25, 0.3) is 0 Å². The zero-order chi connectivity index (χ0) is 14.5. The van der Waals surface area contributed by atoms with Gasteiger partial charge < -0.3 is 15.2 Å². The summed E-state index contributed by atoms with van der Waals surface area (Å²) in [7, 11) is 1.45. The molecule has 0 unspecified atom stereocenters. The number of hydrogen-bond acceptors (Lipinski definition) is 3. The molecule has 1 aromatic carbocycles. The second kappa shape index (κ2) is 6.70. The first kappa shape index (κ1) is 14.8. The lowest BCUT2D eigenvalue weighted by Gasteiger charge is -2.28. The molecular formula is C15H20FNO3. The number of carbonyl (C=O) groups excluding carboxylic acids is 1. The van der Waals surface area contributed by atoms with Crippen LogP contribution < -0.4 is 10.1 Å². The minimum absolute atomic E-state index is 0.0817. The number of nitrogens with one attached hydrogen (secondary N) is 1. The van der Waals surface area contributed by atoms with Crippen molar-refractivity contribution < 1.29 is 19.0 Å². The van der Waals surface area contributed by atoms with Crippen molar-refractivity contribution in [3.8, 4) is 5.75 Å². The molecule has 110 valence electrons. The second-order valence-corrected chi connectivity index (χ2v) is 5.22. The quantitative estimate of drug-likeness (QED) is 0.888. The summed E-state index contributed by atoms with van der Waals surface area (Å²) in [6.07, 6.45) is 3.49. The van der Waals surface area contributed by atoms with Crippen molar-refractivity contribution in [2.75, 3.05) is 13.7 Å². The highest BCUT2D eigenvalue weighted by molar-refractivity contribution is 5.97. The monoisotopic (exact) mass is 281 g/mol. The van der Waals surface area contributed by atoms with Gasteiger partial charge in [0.25, 0.3) is 5.91 Å². The summed E-state index contributed by atoms with van der Waals surface area (Å²) in [5, 5.41) is 12.0. The van der Waals surface area contributed by atoms with Gasteiger partial charge in [0.1, 0.15) is 11.6 Å². The van der Waals surface area contributed by atoms with E-state index < -0.39 is 5.82 Å². The maximum atomic E-state index is 13.3. The van der Waals surface area contributed by atoms with Crippen LogP contribution >= 0.6 is 0 Å². The summed E-state index contributed by atoms with van der Waals surface area (Å²) < 4.78 is 18.3. The van der Waals surface area contributed by atoms with E-state index in [2.05, 4.69) is 5.32 Å². The van der Waals surface area contributed by atoms with Crippen molar-refractivity contribution in [2.45, 2.75) is 31.7 Å². The Hall–Kier alpha value is -1.62. The highest BCUT2D eigenvalue weighted by Crippen LogP contribution is 2.25. The van der Waals surface area contributed by atoms with Crippen molar-refractivity contribution >= 4 is 5.91 Å². The average Bonchev–Trinajstić information content (AvgIpc) is 2.48. The Kier molecular flexibility index (Phi) is 4.95. The number of benzene rings is 1. The molecule has 1 aliphatic carbocycles. The Morgan fingerprint density at radius 2 is 2.10 bits per heavy atom. The molecule has 0 atom stereocenters. The molecule has 5 heteroatoms. The van der Waals surface area contributed by atoms with Crippen molar-refractivity contribution in [3.63, 3.8) is 0 Å². The number of aliphatic hydroxyl groups excluding tert-OH is 1. The Balaban J connectivity index is 2.00. The molecule has 2 rings (SSSR count). The normalized spacial score (nSPS) is 22.4. The third-order valence-corrected chi connectivity index (χ3v) is 3.85. The molecule has 20 heavy (non-hydrogen) atoms. The van der Waals surface area contributed by atoms with Crippen LogP contribution in [0.5, 0.6) is 5.75 Å². The van der Waals surface area contributed by atoms with E-state index in [4.69, 9.17) is 9.84 Å². The summed E-state index contributed by atoms with van der Waals surface area (Å²) >= 11 is 0. The smallest absolute Gasteiger partial charge is 0.255 e. The third-order valence-electron chi connectivity index (χ3n) is 3.85. The van der Waals surface area contributed by atoms with Crippen LogP contribution in [0, 0.1) is 11.7 Å². The fourth-order valence-corrected chi connectivity index (χ4v) is 2.61. The van der Waals surface area contributed by atoms with E-state index >= 15 is 0 Å². The summed E-state index contributed by atoms with van der Waals surface area (Å²) in [6.45, 7) is 0.207. The average molecular weight is 281 g/mol. The number of methoxy groups -OCH3 is 1. The molecular weight excluding hydrogens is 261 g/mol. The van der Waals surface area contributed by atoms with Crippen LogP contribution in [0.1, 0.15) is 36.0 Å². The minimum Gasteiger partial charge on any atom is -0.496 e. The minimum atomic E-state index is -0.458. The Bertz CT molecular complexity index is 470. The highest BCUT2D eigenvalue weighted by Gasteiger charge is 2.23. The molecule has 0 aliphatic heterocycles. The summed E-state index contributed by atoms with van der Waals surface area (Å²) in [5.41, 5.74) is 0.219. The van der Waals surface area contributed by atoms with Crippen LogP contribution in [0.2, 0.25) is 0 Å². The number of halogens is 1. The number of aliphatic hydroxyl groups is 1. The number of ether oxygens (including phenoxy) is 1. The summed E-state index contributed by atoms with van der Waals surface area (Å²) in [5.74, 6) is -0.0615. The van der Waals surface area contributed by atoms with Gasteiger partial charge in [0.15, 0.2) is 0 Å². The first-order valence-corrected chi connectivity index (χ1v) is 6.89. The molecule has 1 aromatic rings. The zero-order valence-electron chi connectivity index (χ0n) is 11.6. The van der Waals surface area contributed by atoms with E-state index in [0.717, 1.165) is 25.7 Å². The fourth-order valence-electron chi connectivity index (χ4n) is 2.61. The lowest BCUT2D eigenvalue weighted by atomic mass is 9.86. The van der Waals surface area contributed by atoms with E-state index in [-0.39, 0.29) is 24.1 Å². The molecule has 0 aromatic heterocycles. The van der Waals surface area contributed by atoms with E-state index in [1.165, 1.54) is 25.3 Å². The first-order chi connectivity index (χ1) is 9.63. The van der Waals surface area contributed by atoms with Crippen molar-refractivity contribution in [1.29, 1.82) is 0 Å². The molecule has 4 nitrogen and oxygen atoms in total.